The second-order valence-electron chi connectivity index (χ2n) is 4.46. The SMILES string of the molecule is COC(C)(C)C(=O)NCC(C)(O)CC(=O)O. The summed E-state index contributed by atoms with van der Waals surface area (Å²) in [5.74, 6) is -1.52. The van der Waals surface area contributed by atoms with Crippen molar-refractivity contribution in [2.45, 2.75) is 38.4 Å². The van der Waals surface area contributed by atoms with E-state index in [2.05, 4.69) is 5.32 Å². The van der Waals surface area contributed by atoms with Crippen LogP contribution in [-0.2, 0) is 14.3 Å². The first-order valence-corrected chi connectivity index (χ1v) is 4.88. The molecule has 0 aromatic rings. The first kappa shape index (κ1) is 14.9. The van der Waals surface area contributed by atoms with E-state index in [1.54, 1.807) is 13.8 Å². The molecule has 0 heterocycles. The third-order valence-electron chi connectivity index (χ3n) is 2.22. The smallest absolute Gasteiger partial charge is 0.306 e. The number of carbonyl (C=O) groups is 2. The van der Waals surface area contributed by atoms with E-state index in [0.717, 1.165) is 0 Å². The van der Waals surface area contributed by atoms with Gasteiger partial charge in [-0.15, -0.1) is 0 Å². The number of ether oxygens (including phenoxy) is 1. The Labute approximate surface area is 94.6 Å². The summed E-state index contributed by atoms with van der Waals surface area (Å²) >= 11 is 0. The number of carboxylic acids is 1. The summed E-state index contributed by atoms with van der Waals surface area (Å²) in [5.41, 5.74) is -2.47. The summed E-state index contributed by atoms with van der Waals surface area (Å²) in [6.07, 6.45) is -0.430. The van der Waals surface area contributed by atoms with Crippen LogP contribution in [0.3, 0.4) is 0 Å². The standard InChI is InChI=1S/C10H19NO5/c1-9(2,16-4)8(14)11-6-10(3,15)5-7(12)13/h15H,5-6H2,1-4H3,(H,11,14)(H,12,13). The monoisotopic (exact) mass is 233 g/mol. The highest BCUT2D eigenvalue weighted by Gasteiger charge is 2.30. The lowest BCUT2D eigenvalue weighted by Crippen LogP contribution is -2.49. The molecule has 0 rings (SSSR count). The molecule has 0 aliphatic heterocycles. The molecule has 6 heteroatoms. The molecule has 0 aliphatic carbocycles. The average molecular weight is 233 g/mol. The van der Waals surface area contributed by atoms with Crippen LogP contribution >= 0.6 is 0 Å². The Balaban J connectivity index is 4.25. The lowest BCUT2D eigenvalue weighted by Gasteiger charge is -2.26. The number of rotatable bonds is 6. The number of carbonyl (C=O) groups excluding carboxylic acids is 1. The van der Waals surface area contributed by atoms with Crippen LogP contribution in [0.2, 0.25) is 0 Å². The highest BCUT2D eigenvalue weighted by molar-refractivity contribution is 5.84. The first-order chi connectivity index (χ1) is 7.10. The van der Waals surface area contributed by atoms with Crippen LogP contribution in [0.4, 0.5) is 0 Å². The second kappa shape index (κ2) is 5.27. The Morgan fingerprint density at radius 2 is 1.81 bits per heavy atom. The number of aliphatic carboxylic acids is 1. The van der Waals surface area contributed by atoms with Crippen molar-refractivity contribution in [2.75, 3.05) is 13.7 Å². The number of hydrogen-bond donors (Lipinski definition) is 3. The van der Waals surface area contributed by atoms with Gasteiger partial charge in [-0.3, -0.25) is 9.59 Å². The fraction of sp³-hybridized carbons (Fsp3) is 0.800. The van der Waals surface area contributed by atoms with E-state index in [1.807, 2.05) is 0 Å². The molecule has 0 saturated heterocycles. The molecule has 94 valence electrons. The number of methoxy groups -OCH3 is 1. The minimum atomic E-state index is -1.47. The van der Waals surface area contributed by atoms with Gasteiger partial charge < -0.3 is 20.3 Å². The second-order valence-corrected chi connectivity index (χ2v) is 4.46. The number of nitrogens with one attached hydrogen (secondary N) is 1. The molecule has 1 amide bonds. The van der Waals surface area contributed by atoms with Crippen LogP contribution in [0, 0.1) is 0 Å². The number of amides is 1. The van der Waals surface area contributed by atoms with Gasteiger partial charge in [-0.2, -0.15) is 0 Å². The molecule has 0 aliphatic rings. The van der Waals surface area contributed by atoms with Crippen LogP contribution in [0.15, 0.2) is 0 Å². The fourth-order valence-electron chi connectivity index (χ4n) is 0.965. The van der Waals surface area contributed by atoms with Gasteiger partial charge in [0.1, 0.15) is 5.60 Å². The van der Waals surface area contributed by atoms with Gasteiger partial charge >= 0.3 is 5.97 Å². The van der Waals surface area contributed by atoms with Crippen LogP contribution in [0.25, 0.3) is 0 Å². The molecule has 0 aromatic heterocycles. The topological polar surface area (TPSA) is 95.9 Å². The molecule has 0 bridgehead atoms. The molecule has 0 spiro atoms. The quantitative estimate of drug-likeness (QED) is 0.588. The summed E-state index contributed by atoms with van der Waals surface area (Å²) in [5, 5.41) is 20.6. The Kier molecular flexibility index (Phi) is 4.89. The van der Waals surface area contributed by atoms with Gasteiger partial charge in [0.2, 0.25) is 0 Å². The van der Waals surface area contributed by atoms with Gasteiger partial charge in [0.05, 0.1) is 12.0 Å². The number of aliphatic hydroxyl groups is 1. The van der Waals surface area contributed by atoms with Gasteiger partial charge in [-0.1, -0.05) is 0 Å². The van der Waals surface area contributed by atoms with E-state index in [0.29, 0.717) is 0 Å². The van der Waals surface area contributed by atoms with E-state index in [1.165, 1.54) is 14.0 Å². The molecule has 1 unspecified atom stereocenters. The van der Waals surface area contributed by atoms with Gasteiger partial charge in [-0.05, 0) is 20.8 Å². The van der Waals surface area contributed by atoms with Crippen molar-refractivity contribution in [3.05, 3.63) is 0 Å². The molecule has 16 heavy (non-hydrogen) atoms. The van der Waals surface area contributed by atoms with Crippen molar-refractivity contribution in [1.82, 2.24) is 5.32 Å². The van der Waals surface area contributed by atoms with Crippen molar-refractivity contribution >= 4 is 11.9 Å². The summed E-state index contributed by atoms with van der Waals surface area (Å²) in [7, 11) is 1.40. The molecule has 3 N–H and O–H groups in total. The minimum absolute atomic E-state index is 0.134. The average Bonchev–Trinajstić information content (AvgIpc) is 2.12. The van der Waals surface area contributed by atoms with Crippen LogP contribution in [0.1, 0.15) is 27.2 Å². The summed E-state index contributed by atoms with van der Waals surface area (Å²) in [6, 6.07) is 0. The molecule has 0 fully saturated rings. The Hall–Kier alpha value is -1.14. The van der Waals surface area contributed by atoms with Gasteiger partial charge in [0.25, 0.3) is 5.91 Å². The first-order valence-electron chi connectivity index (χ1n) is 4.88. The Bertz CT molecular complexity index is 272. The van der Waals surface area contributed by atoms with E-state index in [9.17, 15) is 14.7 Å². The summed E-state index contributed by atoms with van der Waals surface area (Å²) in [6.45, 7) is 4.37. The zero-order valence-electron chi connectivity index (χ0n) is 10.0. The molecule has 0 aromatic carbocycles. The lowest BCUT2D eigenvalue weighted by molar-refractivity contribution is -0.145. The zero-order chi connectivity index (χ0) is 13.0. The van der Waals surface area contributed by atoms with E-state index in [4.69, 9.17) is 9.84 Å². The van der Waals surface area contributed by atoms with Crippen LogP contribution in [0.5, 0.6) is 0 Å². The van der Waals surface area contributed by atoms with E-state index in [-0.39, 0.29) is 6.54 Å². The number of hydrogen-bond acceptors (Lipinski definition) is 4. The minimum Gasteiger partial charge on any atom is -0.481 e. The predicted octanol–water partition coefficient (Wildman–Crippen LogP) is -0.247. The van der Waals surface area contributed by atoms with Gasteiger partial charge in [-0.25, -0.2) is 0 Å². The third-order valence-corrected chi connectivity index (χ3v) is 2.22. The Morgan fingerprint density at radius 3 is 2.19 bits per heavy atom. The maximum Gasteiger partial charge on any atom is 0.306 e. The number of carboxylic acid groups (broad SMARTS) is 1. The van der Waals surface area contributed by atoms with Crippen molar-refractivity contribution in [3.63, 3.8) is 0 Å². The van der Waals surface area contributed by atoms with Gasteiger partial charge in [0, 0.05) is 13.7 Å². The van der Waals surface area contributed by atoms with Crippen LogP contribution < -0.4 is 5.32 Å². The van der Waals surface area contributed by atoms with Gasteiger partial charge in [0.15, 0.2) is 0 Å². The summed E-state index contributed by atoms with van der Waals surface area (Å²) < 4.78 is 4.94. The van der Waals surface area contributed by atoms with Crippen molar-refractivity contribution < 1.29 is 24.5 Å². The highest BCUT2D eigenvalue weighted by Crippen LogP contribution is 2.10. The van der Waals surface area contributed by atoms with Crippen molar-refractivity contribution in [2.24, 2.45) is 0 Å². The highest BCUT2D eigenvalue weighted by atomic mass is 16.5. The van der Waals surface area contributed by atoms with Crippen molar-refractivity contribution in [3.8, 4) is 0 Å². The molecule has 0 saturated carbocycles. The maximum atomic E-state index is 11.5. The van der Waals surface area contributed by atoms with E-state index >= 15 is 0 Å². The fourth-order valence-corrected chi connectivity index (χ4v) is 0.965. The summed E-state index contributed by atoms with van der Waals surface area (Å²) in [4.78, 5) is 21.9. The molecule has 0 radical (unpaired) electrons. The molecule has 1 atom stereocenters. The lowest BCUT2D eigenvalue weighted by atomic mass is 10.0. The molecular formula is C10H19NO5. The van der Waals surface area contributed by atoms with E-state index < -0.39 is 29.5 Å². The maximum absolute atomic E-state index is 11.5. The normalized spacial score (nSPS) is 15.3. The molecular weight excluding hydrogens is 214 g/mol. The zero-order valence-corrected chi connectivity index (χ0v) is 10.0. The predicted molar refractivity (Wildman–Crippen MR) is 57.0 cm³/mol. The largest absolute Gasteiger partial charge is 0.481 e. The third kappa shape index (κ3) is 5.09. The van der Waals surface area contributed by atoms with Crippen LogP contribution in [-0.4, -0.2) is 46.9 Å². The molecule has 6 nitrogen and oxygen atoms in total. The van der Waals surface area contributed by atoms with Crippen molar-refractivity contribution in [1.29, 1.82) is 0 Å². The Morgan fingerprint density at radius 1 is 1.31 bits per heavy atom.